The Morgan fingerprint density at radius 3 is 2.44 bits per heavy atom. The molecule has 0 amide bonds. The van der Waals surface area contributed by atoms with Gasteiger partial charge in [0.25, 0.3) is 10.0 Å². The first-order chi connectivity index (χ1) is 13.0. The van der Waals surface area contributed by atoms with E-state index in [9.17, 15) is 8.42 Å². The quantitative estimate of drug-likeness (QED) is 0.666. The smallest absolute Gasteiger partial charge is 0.285 e. The molecule has 4 rings (SSSR count). The van der Waals surface area contributed by atoms with Crippen molar-refractivity contribution in [2.24, 2.45) is 4.40 Å². The number of benzene rings is 2. The van der Waals surface area contributed by atoms with Crippen LogP contribution in [0.2, 0.25) is 0 Å². The molecule has 27 heavy (non-hydrogen) atoms. The first kappa shape index (κ1) is 17.9. The first-order valence-electron chi connectivity index (χ1n) is 8.40. The van der Waals surface area contributed by atoms with Crippen LogP contribution < -0.4 is 19.0 Å². The van der Waals surface area contributed by atoms with Crippen LogP contribution in [0.1, 0.15) is 6.92 Å². The highest BCUT2D eigenvalue weighted by atomic mass is 32.2. The molecular weight excluding hydrogens is 388 g/mol. The lowest BCUT2D eigenvalue weighted by molar-refractivity contribution is 0.172. The van der Waals surface area contributed by atoms with Crippen LogP contribution in [0.25, 0.3) is 10.2 Å². The topological polar surface area (TPSA) is 79.1 Å². The minimum Gasteiger partial charge on any atom is -0.497 e. The third kappa shape index (κ3) is 3.28. The Balaban J connectivity index is 1.86. The van der Waals surface area contributed by atoms with Gasteiger partial charge in [0.05, 0.1) is 22.2 Å². The predicted molar refractivity (Wildman–Crippen MR) is 102 cm³/mol. The number of hydrogen-bond acceptors (Lipinski definition) is 6. The summed E-state index contributed by atoms with van der Waals surface area (Å²) < 4.78 is 48.6. The van der Waals surface area contributed by atoms with E-state index in [0.717, 1.165) is 10.2 Å². The summed E-state index contributed by atoms with van der Waals surface area (Å²) in [6.45, 7) is 3.52. The molecule has 2 heterocycles. The SMILES string of the molecule is CCn1/c(=N/S(=O)(=O)c2ccc(OC)cc2)sc2cc3c(cc21)OCCO3. The maximum Gasteiger partial charge on any atom is 0.285 e. The summed E-state index contributed by atoms with van der Waals surface area (Å²) >= 11 is 1.31. The second kappa shape index (κ2) is 6.90. The van der Waals surface area contributed by atoms with Crippen molar-refractivity contribution >= 4 is 31.6 Å². The van der Waals surface area contributed by atoms with Crippen LogP contribution in [0.5, 0.6) is 17.2 Å². The Morgan fingerprint density at radius 1 is 1.15 bits per heavy atom. The summed E-state index contributed by atoms with van der Waals surface area (Å²) in [5.41, 5.74) is 0.871. The molecule has 7 nitrogen and oxygen atoms in total. The highest BCUT2D eigenvalue weighted by molar-refractivity contribution is 7.90. The number of rotatable bonds is 4. The van der Waals surface area contributed by atoms with Crippen LogP contribution in [-0.4, -0.2) is 33.3 Å². The van der Waals surface area contributed by atoms with E-state index >= 15 is 0 Å². The van der Waals surface area contributed by atoms with Crippen molar-refractivity contribution in [3.05, 3.63) is 41.2 Å². The van der Waals surface area contributed by atoms with Crippen molar-refractivity contribution in [1.82, 2.24) is 4.57 Å². The van der Waals surface area contributed by atoms with Crippen molar-refractivity contribution in [2.75, 3.05) is 20.3 Å². The van der Waals surface area contributed by atoms with Gasteiger partial charge in [0, 0.05) is 18.7 Å². The van der Waals surface area contributed by atoms with Gasteiger partial charge >= 0.3 is 0 Å². The summed E-state index contributed by atoms with van der Waals surface area (Å²) in [4.78, 5) is 0.528. The average molecular weight is 406 g/mol. The van der Waals surface area contributed by atoms with Gasteiger partial charge in [0.2, 0.25) is 4.80 Å². The standard InChI is InChI=1S/C18H18N2O5S2/c1-3-20-14-10-15-16(25-9-8-24-15)11-17(14)26-18(20)19-27(21,22)13-6-4-12(23-2)5-7-13/h4-7,10-11H,3,8-9H2,1-2H3/b19-18-. The van der Waals surface area contributed by atoms with E-state index in [1.54, 1.807) is 12.1 Å². The minimum atomic E-state index is -3.84. The molecule has 9 heteroatoms. The van der Waals surface area contributed by atoms with Crippen LogP contribution in [0.15, 0.2) is 45.7 Å². The summed E-state index contributed by atoms with van der Waals surface area (Å²) in [5, 5.41) is 0. The Hall–Kier alpha value is -2.52. The first-order valence-corrected chi connectivity index (χ1v) is 10.7. The molecule has 0 N–H and O–H groups in total. The van der Waals surface area contributed by atoms with E-state index in [0.29, 0.717) is 41.8 Å². The lowest BCUT2D eigenvalue weighted by atomic mass is 10.2. The monoisotopic (exact) mass is 406 g/mol. The lowest BCUT2D eigenvalue weighted by Crippen LogP contribution is -2.17. The molecule has 0 unspecified atom stereocenters. The maximum atomic E-state index is 12.7. The maximum absolute atomic E-state index is 12.7. The van der Waals surface area contributed by atoms with Crippen LogP contribution in [-0.2, 0) is 16.6 Å². The molecule has 0 bridgehead atoms. The van der Waals surface area contributed by atoms with Crippen molar-refractivity contribution in [3.8, 4) is 17.2 Å². The highest BCUT2D eigenvalue weighted by Crippen LogP contribution is 2.35. The zero-order valence-electron chi connectivity index (χ0n) is 14.8. The zero-order valence-corrected chi connectivity index (χ0v) is 16.5. The molecule has 0 aliphatic carbocycles. The number of ether oxygens (including phenoxy) is 3. The molecular formula is C18H18N2O5S2. The fraction of sp³-hybridized carbons (Fsp3) is 0.278. The average Bonchev–Trinajstić information content (AvgIpc) is 3.01. The van der Waals surface area contributed by atoms with Crippen molar-refractivity contribution in [1.29, 1.82) is 0 Å². The third-order valence-electron chi connectivity index (χ3n) is 4.22. The van der Waals surface area contributed by atoms with Crippen molar-refractivity contribution < 1.29 is 22.6 Å². The summed E-state index contributed by atoms with van der Waals surface area (Å²) in [6, 6.07) is 9.93. The molecule has 1 aromatic heterocycles. The number of hydrogen-bond donors (Lipinski definition) is 0. The van der Waals surface area contributed by atoms with Crippen LogP contribution >= 0.6 is 11.3 Å². The van der Waals surface area contributed by atoms with E-state index < -0.39 is 10.0 Å². The number of fused-ring (bicyclic) bond motifs is 2. The van der Waals surface area contributed by atoms with E-state index in [2.05, 4.69) is 4.40 Å². The van der Waals surface area contributed by atoms with Crippen LogP contribution in [0, 0.1) is 0 Å². The minimum absolute atomic E-state index is 0.120. The van der Waals surface area contributed by atoms with Gasteiger partial charge in [-0.15, -0.1) is 4.40 Å². The second-order valence-electron chi connectivity index (χ2n) is 5.83. The van der Waals surface area contributed by atoms with Crippen LogP contribution in [0.3, 0.4) is 0 Å². The number of methoxy groups -OCH3 is 1. The number of thiazole rings is 1. The normalized spacial score (nSPS) is 14.5. The molecule has 3 aromatic rings. The molecule has 0 atom stereocenters. The number of aryl methyl sites for hydroxylation is 1. The predicted octanol–water partition coefficient (Wildman–Crippen LogP) is 2.79. The largest absolute Gasteiger partial charge is 0.497 e. The molecule has 0 fully saturated rings. The summed E-state index contributed by atoms with van der Waals surface area (Å²) in [7, 11) is -2.31. The van der Waals surface area contributed by atoms with Crippen molar-refractivity contribution in [2.45, 2.75) is 18.4 Å². The van der Waals surface area contributed by atoms with Gasteiger partial charge in [-0.3, -0.25) is 0 Å². The van der Waals surface area contributed by atoms with Gasteiger partial charge in [-0.1, -0.05) is 11.3 Å². The molecule has 0 saturated carbocycles. The van der Waals surface area contributed by atoms with Crippen LogP contribution in [0.4, 0.5) is 0 Å². The van der Waals surface area contributed by atoms with Gasteiger partial charge < -0.3 is 18.8 Å². The van der Waals surface area contributed by atoms with Gasteiger partial charge in [0.1, 0.15) is 19.0 Å². The molecule has 0 radical (unpaired) electrons. The lowest BCUT2D eigenvalue weighted by Gasteiger charge is -2.18. The molecule has 1 aliphatic rings. The molecule has 0 saturated heterocycles. The fourth-order valence-electron chi connectivity index (χ4n) is 2.89. The number of aromatic nitrogens is 1. The van der Waals surface area contributed by atoms with Gasteiger partial charge in [-0.2, -0.15) is 8.42 Å². The van der Waals surface area contributed by atoms with E-state index in [1.807, 2.05) is 23.6 Å². The highest BCUT2D eigenvalue weighted by Gasteiger charge is 2.18. The van der Waals surface area contributed by atoms with Crippen molar-refractivity contribution in [3.63, 3.8) is 0 Å². The van der Waals surface area contributed by atoms with E-state index in [1.165, 1.54) is 30.6 Å². The third-order valence-corrected chi connectivity index (χ3v) is 6.66. The van der Waals surface area contributed by atoms with Gasteiger partial charge in [-0.25, -0.2) is 0 Å². The number of sulfonamides is 1. The summed E-state index contributed by atoms with van der Waals surface area (Å²) in [6.07, 6.45) is 0. The van der Waals surface area contributed by atoms with E-state index in [-0.39, 0.29) is 4.90 Å². The Bertz CT molecular complexity index is 1160. The van der Waals surface area contributed by atoms with E-state index in [4.69, 9.17) is 14.2 Å². The van der Waals surface area contributed by atoms with Gasteiger partial charge in [0.15, 0.2) is 11.5 Å². The second-order valence-corrected chi connectivity index (χ2v) is 8.45. The Kier molecular flexibility index (Phi) is 4.56. The Morgan fingerprint density at radius 2 is 1.81 bits per heavy atom. The molecule has 142 valence electrons. The zero-order chi connectivity index (χ0) is 19.0. The summed E-state index contributed by atoms with van der Waals surface area (Å²) in [5.74, 6) is 1.92. The molecule has 0 spiro atoms. The fourth-order valence-corrected chi connectivity index (χ4v) is 5.19. The molecule has 2 aromatic carbocycles. The molecule has 1 aliphatic heterocycles. The number of nitrogens with zero attached hydrogens (tertiary/aromatic N) is 2. The Labute approximate surface area is 160 Å². The van der Waals surface area contributed by atoms with Gasteiger partial charge in [-0.05, 0) is 31.2 Å².